The first-order valence-electron chi connectivity index (χ1n) is 2.64. The van der Waals surface area contributed by atoms with Gasteiger partial charge >= 0.3 is 0 Å². The minimum absolute atomic E-state index is 0.687. The van der Waals surface area contributed by atoms with E-state index >= 15 is 0 Å². The minimum Gasteiger partial charge on any atom is -0.342 e. The number of rotatable bonds is 2. The molecule has 0 atom stereocenters. The van der Waals surface area contributed by atoms with E-state index in [4.69, 9.17) is 10.8 Å². The van der Waals surface area contributed by atoms with Crippen molar-refractivity contribution >= 4 is 9.12 Å². The van der Waals surface area contributed by atoms with Crippen LogP contribution in [0.25, 0.3) is 0 Å². The standard InChI is InChI=1S/C4H14N2Si/c1-4(2)3-7(5)6/h4,7H,3,5-6H2,1-2H3. The van der Waals surface area contributed by atoms with Crippen molar-refractivity contribution < 1.29 is 0 Å². The van der Waals surface area contributed by atoms with E-state index in [0.29, 0.717) is 5.92 Å². The molecule has 0 unspecified atom stereocenters. The largest absolute Gasteiger partial charge is 0.342 e. The van der Waals surface area contributed by atoms with E-state index in [1.807, 2.05) is 0 Å². The molecule has 0 aromatic heterocycles. The van der Waals surface area contributed by atoms with E-state index in [9.17, 15) is 0 Å². The Labute approximate surface area is 46.7 Å². The summed E-state index contributed by atoms with van der Waals surface area (Å²) >= 11 is 0. The van der Waals surface area contributed by atoms with Gasteiger partial charge in [-0.25, -0.2) is 0 Å². The minimum atomic E-state index is -1.23. The molecule has 3 heteroatoms. The van der Waals surface area contributed by atoms with Gasteiger partial charge in [0.15, 0.2) is 9.12 Å². The molecule has 0 radical (unpaired) electrons. The molecule has 0 aliphatic rings. The maximum absolute atomic E-state index is 5.41. The second-order valence-corrected chi connectivity index (χ2v) is 4.09. The monoisotopic (exact) mass is 118 g/mol. The lowest BCUT2D eigenvalue weighted by Crippen LogP contribution is -2.37. The van der Waals surface area contributed by atoms with Gasteiger partial charge in [-0.05, 0) is 12.0 Å². The third kappa shape index (κ3) is 6.14. The maximum Gasteiger partial charge on any atom is 0.179 e. The van der Waals surface area contributed by atoms with Gasteiger partial charge in [0.1, 0.15) is 0 Å². The van der Waals surface area contributed by atoms with Gasteiger partial charge in [0.2, 0.25) is 0 Å². The first kappa shape index (κ1) is 7.14. The van der Waals surface area contributed by atoms with Crippen molar-refractivity contribution in [3.05, 3.63) is 0 Å². The highest BCUT2D eigenvalue weighted by Gasteiger charge is 1.98. The summed E-state index contributed by atoms with van der Waals surface area (Å²) in [4.78, 5) is 0. The van der Waals surface area contributed by atoms with Crippen LogP contribution in [-0.2, 0) is 0 Å². The molecule has 0 aromatic carbocycles. The lowest BCUT2D eigenvalue weighted by atomic mass is 10.3. The zero-order valence-electron chi connectivity index (χ0n) is 5.02. The summed E-state index contributed by atoms with van der Waals surface area (Å²) in [5.74, 6) is 0.687. The molecule has 0 aliphatic heterocycles. The zero-order valence-corrected chi connectivity index (χ0v) is 6.17. The first-order valence-corrected chi connectivity index (χ1v) is 4.79. The quantitative estimate of drug-likeness (QED) is 0.493. The van der Waals surface area contributed by atoms with E-state index in [1.54, 1.807) is 0 Å². The zero-order chi connectivity index (χ0) is 5.86. The summed E-state index contributed by atoms with van der Waals surface area (Å²) in [6.45, 7) is 4.28. The lowest BCUT2D eigenvalue weighted by Gasteiger charge is -2.03. The maximum atomic E-state index is 5.41. The Morgan fingerprint density at radius 1 is 1.43 bits per heavy atom. The molecular weight excluding hydrogens is 104 g/mol. The Morgan fingerprint density at radius 2 is 1.86 bits per heavy atom. The van der Waals surface area contributed by atoms with Crippen LogP contribution >= 0.6 is 0 Å². The number of nitrogens with two attached hydrogens (primary N) is 2. The molecule has 0 fully saturated rings. The molecule has 0 bridgehead atoms. The van der Waals surface area contributed by atoms with Gasteiger partial charge in [-0.1, -0.05) is 13.8 Å². The highest BCUT2D eigenvalue weighted by molar-refractivity contribution is 6.51. The summed E-state index contributed by atoms with van der Waals surface area (Å²) in [7, 11) is -1.23. The van der Waals surface area contributed by atoms with Gasteiger partial charge in [-0.15, -0.1) is 0 Å². The summed E-state index contributed by atoms with van der Waals surface area (Å²) < 4.78 is 0. The molecular formula is C4H14N2Si. The first-order chi connectivity index (χ1) is 3.13. The van der Waals surface area contributed by atoms with Crippen molar-refractivity contribution in [3.63, 3.8) is 0 Å². The van der Waals surface area contributed by atoms with Crippen LogP contribution in [0.2, 0.25) is 6.04 Å². The summed E-state index contributed by atoms with van der Waals surface area (Å²) in [5, 5.41) is 10.8. The molecule has 0 spiro atoms. The molecule has 0 rings (SSSR count). The summed E-state index contributed by atoms with van der Waals surface area (Å²) in [5.41, 5.74) is 0. The third-order valence-electron chi connectivity index (χ3n) is 0.744. The van der Waals surface area contributed by atoms with Crippen molar-refractivity contribution in [1.82, 2.24) is 0 Å². The summed E-state index contributed by atoms with van der Waals surface area (Å²) in [6.07, 6.45) is 0. The number of hydrogen-bond acceptors (Lipinski definition) is 2. The van der Waals surface area contributed by atoms with Crippen molar-refractivity contribution in [3.8, 4) is 0 Å². The van der Waals surface area contributed by atoms with Gasteiger partial charge in [-0.2, -0.15) is 0 Å². The Kier molecular flexibility index (Phi) is 3.24. The highest BCUT2D eigenvalue weighted by atomic mass is 28.3. The van der Waals surface area contributed by atoms with Crippen molar-refractivity contribution in [1.29, 1.82) is 0 Å². The number of hydrogen-bond donors (Lipinski definition) is 2. The molecule has 0 saturated carbocycles. The molecule has 2 nitrogen and oxygen atoms in total. The molecule has 4 N–H and O–H groups in total. The van der Waals surface area contributed by atoms with Crippen LogP contribution in [0.3, 0.4) is 0 Å². The fourth-order valence-electron chi connectivity index (χ4n) is 0.544. The normalized spacial score (nSPS) is 11.1. The second kappa shape index (κ2) is 3.18. The van der Waals surface area contributed by atoms with Crippen LogP contribution in [0.5, 0.6) is 0 Å². The Balaban J connectivity index is 2.95. The highest BCUT2D eigenvalue weighted by Crippen LogP contribution is 1.97. The molecule has 7 heavy (non-hydrogen) atoms. The van der Waals surface area contributed by atoms with Crippen LogP contribution in [0.1, 0.15) is 13.8 Å². The van der Waals surface area contributed by atoms with E-state index in [1.165, 1.54) is 0 Å². The average molecular weight is 118 g/mol. The SMILES string of the molecule is CC(C)C[SiH](N)N. The predicted octanol–water partition coefficient (Wildman–Crippen LogP) is -0.220. The van der Waals surface area contributed by atoms with Crippen molar-refractivity contribution in [2.75, 3.05) is 0 Å². The molecule has 0 aliphatic carbocycles. The Hall–Kier alpha value is 0.137. The lowest BCUT2D eigenvalue weighted by molar-refractivity contribution is 0.724. The molecule has 44 valence electrons. The average Bonchev–Trinajstić information content (AvgIpc) is 1.27. The fraction of sp³-hybridized carbons (Fsp3) is 1.00. The van der Waals surface area contributed by atoms with Crippen LogP contribution in [0, 0.1) is 5.92 Å². The van der Waals surface area contributed by atoms with Gasteiger partial charge in [0.25, 0.3) is 0 Å². The van der Waals surface area contributed by atoms with Gasteiger partial charge in [-0.3, -0.25) is 0 Å². The summed E-state index contributed by atoms with van der Waals surface area (Å²) in [6, 6.07) is 1.06. The van der Waals surface area contributed by atoms with Crippen LogP contribution in [0.15, 0.2) is 0 Å². The van der Waals surface area contributed by atoms with Crippen molar-refractivity contribution in [2.45, 2.75) is 19.9 Å². The van der Waals surface area contributed by atoms with Gasteiger partial charge in [0.05, 0.1) is 0 Å². The van der Waals surface area contributed by atoms with E-state index in [-0.39, 0.29) is 0 Å². The smallest absolute Gasteiger partial charge is 0.179 e. The Morgan fingerprint density at radius 3 is 1.86 bits per heavy atom. The van der Waals surface area contributed by atoms with E-state index in [0.717, 1.165) is 6.04 Å². The van der Waals surface area contributed by atoms with Gasteiger partial charge < -0.3 is 10.8 Å². The van der Waals surface area contributed by atoms with E-state index < -0.39 is 9.12 Å². The fourth-order valence-corrected chi connectivity index (χ4v) is 1.63. The second-order valence-electron chi connectivity index (χ2n) is 2.29. The molecule has 0 amide bonds. The molecule has 0 aromatic rings. The predicted molar refractivity (Wildman–Crippen MR) is 35.2 cm³/mol. The molecule has 0 saturated heterocycles. The van der Waals surface area contributed by atoms with Gasteiger partial charge in [0, 0.05) is 0 Å². The Bertz CT molecular complexity index is 39.0. The van der Waals surface area contributed by atoms with Crippen LogP contribution in [0.4, 0.5) is 0 Å². The van der Waals surface area contributed by atoms with Crippen LogP contribution in [-0.4, -0.2) is 9.12 Å². The topological polar surface area (TPSA) is 52.0 Å². The third-order valence-corrected chi connectivity index (χ3v) is 2.23. The molecule has 0 heterocycles. The van der Waals surface area contributed by atoms with E-state index in [2.05, 4.69) is 13.8 Å². The van der Waals surface area contributed by atoms with Crippen LogP contribution < -0.4 is 10.8 Å². The van der Waals surface area contributed by atoms with Crippen molar-refractivity contribution in [2.24, 2.45) is 16.7 Å².